The van der Waals surface area contributed by atoms with Crippen molar-refractivity contribution >= 4 is 15.2 Å². The monoisotopic (exact) mass is 576 g/mol. The van der Waals surface area contributed by atoms with Crippen molar-refractivity contribution in [2.75, 3.05) is 27.4 Å². The number of alkyl halides is 4. The van der Waals surface area contributed by atoms with Crippen molar-refractivity contribution in [3.05, 3.63) is 71.8 Å². The normalized spacial score (nSPS) is 12.6. The van der Waals surface area contributed by atoms with Crippen molar-refractivity contribution in [3.63, 3.8) is 0 Å². The van der Waals surface area contributed by atoms with Gasteiger partial charge in [0, 0.05) is 33.5 Å². The summed E-state index contributed by atoms with van der Waals surface area (Å²) in [6.07, 6.45) is 1.90. The van der Waals surface area contributed by atoms with E-state index in [0.29, 0.717) is 13.2 Å². The molecule has 0 aliphatic carbocycles. The van der Waals surface area contributed by atoms with Crippen LogP contribution in [0, 0.1) is 5.41 Å². The molecule has 0 aromatic heterocycles. The fourth-order valence-corrected chi connectivity index (χ4v) is 2.98. The van der Waals surface area contributed by atoms with Gasteiger partial charge in [0.25, 0.3) is 0 Å². The fourth-order valence-electron chi connectivity index (χ4n) is 2.98. The molecule has 0 atom stereocenters. The number of rotatable bonds is 10. The van der Waals surface area contributed by atoms with Gasteiger partial charge in [0.15, 0.2) is 0 Å². The van der Waals surface area contributed by atoms with Crippen LogP contribution in [-0.4, -0.2) is 58.3 Å². The number of hydrogen-bond donors (Lipinski definition) is 4. The predicted molar refractivity (Wildman–Crippen MR) is 132 cm³/mol. The molecule has 8 nitrogen and oxygen atoms in total. The molecule has 0 unspecified atom stereocenters. The summed E-state index contributed by atoms with van der Waals surface area (Å²) in [5.41, 5.74) is -5.18. The lowest BCUT2D eigenvalue weighted by Gasteiger charge is -2.33. The van der Waals surface area contributed by atoms with E-state index in [-0.39, 0.29) is 19.3 Å². The van der Waals surface area contributed by atoms with Crippen molar-refractivity contribution in [2.45, 2.75) is 38.0 Å². The Hall–Kier alpha value is -1.62. The molecule has 4 N–H and O–H groups in total. The molecule has 0 bridgehead atoms. The second-order valence-corrected chi connectivity index (χ2v) is 12.2. The molecule has 0 fully saturated rings. The Bertz CT molecular complexity index is 906. The van der Waals surface area contributed by atoms with Crippen molar-refractivity contribution in [2.24, 2.45) is 5.41 Å². The zero-order valence-electron chi connectivity index (χ0n) is 20.9. The maximum atomic E-state index is 11.5. The highest BCUT2D eigenvalue weighted by Crippen LogP contribution is 2.52. The van der Waals surface area contributed by atoms with E-state index in [1.807, 2.05) is 0 Å². The van der Waals surface area contributed by atoms with Crippen LogP contribution in [0.3, 0.4) is 0 Å². The first-order chi connectivity index (χ1) is 16.8. The minimum absolute atomic E-state index is 0.0355. The maximum Gasteiger partial charge on any atom is 0.394 e. The lowest BCUT2D eigenvalue weighted by Crippen LogP contribution is -2.36. The van der Waals surface area contributed by atoms with Gasteiger partial charge in [0.1, 0.15) is 0 Å². The van der Waals surface area contributed by atoms with Crippen LogP contribution in [0.1, 0.15) is 25.0 Å². The first-order valence-corrected chi connectivity index (χ1v) is 13.9. The Morgan fingerprint density at radius 2 is 0.892 bits per heavy atom. The van der Waals surface area contributed by atoms with E-state index in [9.17, 15) is 26.7 Å². The highest BCUT2D eigenvalue weighted by Gasteiger charge is 2.43. The van der Waals surface area contributed by atoms with Crippen LogP contribution in [0.25, 0.3) is 0 Å². The number of halogens is 4. The molecule has 0 amide bonds. The lowest BCUT2D eigenvalue weighted by atomic mass is 9.77. The van der Waals surface area contributed by atoms with Gasteiger partial charge in [-0.15, -0.1) is 0 Å². The Kier molecular flexibility index (Phi) is 14.4. The minimum Gasteiger partial charge on any atom is -0.384 e. The topological polar surface area (TPSA) is 134 Å². The third-order valence-corrected chi connectivity index (χ3v) is 6.81. The van der Waals surface area contributed by atoms with Crippen LogP contribution < -0.4 is 0 Å². The molecule has 0 saturated carbocycles. The minimum atomic E-state index is -5.18. The highest BCUT2D eigenvalue weighted by molar-refractivity contribution is 7.53. The van der Waals surface area contributed by atoms with Crippen molar-refractivity contribution in [3.8, 4) is 0 Å². The Morgan fingerprint density at radius 1 is 0.649 bits per heavy atom. The van der Waals surface area contributed by atoms with E-state index in [0.717, 1.165) is 12.8 Å². The van der Waals surface area contributed by atoms with Gasteiger partial charge >= 0.3 is 26.5 Å². The summed E-state index contributed by atoms with van der Waals surface area (Å²) >= 11 is 0. The Labute approximate surface area is 214 Å². The molecule has 37 heavy (non-hydrogen) atoms. The summed E-state index contributed by atoms with van der Waals surface area (Å²) in [5, 5.41) is 0. The number of benzene rings is 2. The number of hydrogen-bond acceptors (Lipinski definition) is 4. The summed E-state index contributed by atoms with van der Waals surface area (Å²) < 4.78 is 76.1. The van der Waals surface area contributed by atoms with Crippen molar-refractivity contribution < 1.29 is 55.7 Å². The quantitative estimate of drug-likeness (QED) is 0.221. The summed E-state index contributed by atoms with van der Waals surface area (Å²) in [5.74, 6) is 0. The third kappa shape index (κ3) is 14.2. The van der Waals surface area contributed by atoms with Gasteiger partial charge in [0.2, 0.25) is 0 Å². The molecule has 2 rings (SSSR count). The lowest BCUT2D eigenvalue weighted by molar-refractivity contribution is 0.0102. The van der Waals surface area contributed by atoms with Gasteiger partial charge in [0.05, 0.1) is 13.2 Å². The van der Waals surface area contributed by atoms with E-state index in [4.69, 9.17) is 29.0 Å². The van der Waals surface area contributed by atoms with E-state index in [1.165, 1.54) is 11.1 Å². The Balaban J connectivity index is 0.000000669. The standard InChI is InChI=1S/C19H24O2.2C2H5F2O3P/c1-20-15-19(16-21-2,13-17-9-5-3-6-10-17)14-18-11-7-4-8-12-18;2*1-2(3,4)8(5,6)7/h3-12H,13-16H2,1-2H3;2*1H3,(H2,5,6,7). The average Bonchev–Trinajstić information content (AvgIpc) is 2.73. The summed E-state index contributed by atoms with van der Waals surface area (Å²) in [6.45, 7) is 1.72. The molecule has 212 valence electrons. The summed E-state index contributed by atoms with van der Waals surface area (Å²) in [7, 11) is -6.84. The van der Waals surface area contributed by atoms with E-state index in [2.05, 4.69) is 60.7 Å². The van der Waals surface area contributed by atoms with Crippen LogP contribution in [0.2, 0.25) is 0 Å². The smallest absolute Gasteiger partial charge is 0.384 e. The molecule has 0 aliphatic heterocycles. The largest absolute Gasteiger partial charge is 0.394 e. The Morgan fingerprint density at radius 3 is 1.08 bits per heavy atom. The van der Waals surface area contributed by atoms with Crippen molar-refractivity contribution in [1.82, 2.24) is 0 Å². The fraction of sp³-hybridized carbons (Fsp3) is 0.478. The maximum absolute atomic E-state index is 11.5. The van der Waals surface area contributed by atoms with Gasteiger partial charge in [-0.3, -0.25) is 9.13 Å². The molecule has 0 spiro atoms. The van der Waals surface area contributed by atoms with Gasteiger partial charge in [-0.05, 0) is 24.0 Å². The first kappa shape index (κ1) is 35.4. The summed E-state index contributed by atoms with van der Waals surface area (Å²) in [6, 6.07) is 21.1. The number of ether oxygens (including phenoxy) is 2. The van der Waals surface area contributed by atoms with Crippen LogP contribution >= 0.6 is 15.2 Å². The van der Waals surface area contributed by atoms with Crippen LogP contribution in [0.4, 0.5) is 17.6 Å². The molecular formula is C23H34F4O8P2. The number of methoxy groups -OCH3 is 2. The van der Waals surface area contributed by atoms with Gasteiger partial charge in [-0.25, -0.2) is 0 Å². The molecule has 14 heteroatoms. The predicted octanol–water partition coefficient (Wildman–Crippen LogP) is 5.30. The molecule has 0 heterocycles. The molecule has 2 aromatic rings. The van der Waals surface area contributed by atoms with Crippen LogP contribution in [0.15, 0.2) is 60.7 Å². The molecule has 0 radical (unpaired) electrons. The molecule has 0 saturated heterocycles. The molecular weight excluding hydrogens is 542 g/mol. The SMILES string of the molecule is CC(F)(F)P(=O)(O)O.CC(F)(F)P(=O)(O)O.COCC(COC)(Cc1ccccc1)Cc1ccccc1. The van der Waals surface area contributed by atoms with Crippen LogP contribution in [-0.2, 0) is 31.4 Å². The zero-order valence-corrected chi connectivity index (χ0v) is 22.7. The van der Waals surface area contributed by atoms with E-state index in [1.54, 1.807) is 14.2 Å². The highest BCUT2D eigenvalue weighted by atomic mass is 31.2. The van der Waals surface area contributed by atoms with Gasteiger partial charge in [-0.2, -0.15) is 17.6 Å². The second-order valence-electron chi connectivity index (χ2n) is 8.46. The van der Waals surface area contributed by atoms with Gasteiger partial charge < -0.3 is 29.0 Å². The average molecular weight is 576 g/mol. The first-order valence-electron chi connectivity index (χ1n) is 10.7. The van der Waals surface area contributed by atoms with E-state index >= 15 is 0 Å². The summed E-state index contributed by atoms with van der Waals surface area (Å²) in [4.78, 5) is 30.9. The zero-order chi connectivity index (χ0) is 29.0. The van der Waals surface area contributed by atoms with Crippen LogP contribution in [0.5, 0.6) is 0 Å². The third-order valence-electron chi connectivity index (χ3n) is 4.77. The van der Waals surface area contributed by atoms with E-state index < -0.39 is 26.5 Å². The van der Waals surface area contributed by atoms with Crippen molar-refractivity contribution in [1.29, 1.82) is 0 Å². The van der Waals surface area contributed by atoms with Gasteiger partial charge in [-0.1, -0.05) is 60.7 Å². The molecule has 2 aromatic carbocycles. The second kappa shape index (κ2) is 15.1. The molecule has 0 aliphatic rings.